The Morgan fingerprint density at radius 3 is 1.90 bits per heavy atom. The van der Waals surface area contributed by atoms with Crippen LogP contribution in [0.5, 0.6) is 0 Å². The van der Waals surface area contributed by atoms with Gasteiger partial charge in [0, 0.05) is 39.4 Å². The second-order valence-corrected chi connectivity index (χ2v) is 17.4. The summed E-state index contributed by atoms with van der Waals surface area (Å²) < 4.78 is 2.56. The number of nitrogens with zero attached hydrogens (tertiary/aromatic N) is 3. The number of nitrogens with one attached hydrogen (secondary N) is 1. The Balaban J connectivity index is 1.17. The van der Waals surface area contributed by atoms with Crippen molar-refractivity contribution in [1.29, 1.82) is 0 Å². The van der Waals surface area contributed by atoms with Gasteiger partial charge in [-0.1, -0.05) is 219 Å². The summed E-state index contributed by atoms with van der Waals surface area (Å²) in [4.78, 5) is 10.5. The molecule has 3 aliphatic rings. The molecule has 2 aliphatic carbocycles. The number of rotatable bonds is 11. The summed E-state index contributed by atoms with van der Waals surface area (Å²) in [6, 6.07) is 67.6. The molecule has 3 atom stereocenters. The first kappa shape index (κ1) is 41.4. The third-order valence-electron chi connectivity index (χ3n) is 13.4. The van der Waals surface area contributed by atoms with Crippen LogP contribution >= 0.6 is 0 Å². The normalized spacial score (nSPS) is 18.4. The number of aromatic nitrogens is 1. The molecule has 0 bridgehead atoms. The maximum atomic E-state index is 5.38. The standard InChI is InChI=1S/C63H50N4/c1-3-19-43(4-2)61-64-62(51-26-15-8-16-27-51)66-63(65-61)53-41-55(49-34-30-47(31-35-49)44-20-9-5-10-21-44)60(56(42-53)50-36-32-48(33-37-50)45-22-11-6-12-23-45)67-58-29-18-17-28-54(58)57-40-52(38-39-59(57)67)46-24-13-7-14-25-46/h3-32,34-40,42,48,55,61H,1-2,33,41H2,(H,64,65,66)/b43-19+. The minimum atomic E-state index is -0.409. The zero-order valence-electron chi connectivity index (χ0n) is 37.3. The fraction of sp³-hybridized carbons (Fsp3) is 0.0794. The van der Waals surface area contributed by atoms with Gasteiger partial charge in [0.15, 0.2) is 5.84 Å². The van der Waals surface area contributed by atoms with Crippen LogP contribution in [0.15, 0.2) is 276 Å². The second kappa shape index (κ2) is 18.3. The zero-order chi connectivity index (χ0) is 45.1. The molecule has 1 aromatic heterocycles. The molecule has 1 aliphatic heterocycles. The van der Waals surface area contributed by atoms with Crippen LogP contribution < -0.4 is 5.32 Å². The minimum Gasteiger partial charge on any atom is -0.344 e. The first-order valence-electron chi connectivity index (χ1n) is 23.2. The molecule has 1 N–H and O–H groups in total. The molecule has 7 aromatic carbocycles. The Morgan fingerprint density at radius 1 is 0.612 bits per heavy atom. The molecule has 8 aromatic rings. The topological polar surface area (TPSA) is 41.7 Å². The van der Waals surface area contributed by atoms with Crippen molar-refractivity contribution in [2.45, 2.75) is 30.8 Å². The van der Waals surface area contributed by atoms with Crippen molar-refractivity contribution in [3.05, 3.63) is 283 Å². The number of benzene rings is 7. The molecule has 0 spiro atoms. The van der Waals surface area contributed by atoms with Gasteiger partial charge in [-0.05, 0) is 87.2 Å². The average Bonchev–Trinajstić information content (AvgIpc) is 3.74. The predicted molar refractivity (Wildman–Crippen MR) is 282 cm³/mol. The van der Waals surface area contributed by atoms with Gasteiger partial charge in [-0.2, -0.15) is 0 Å². The lowest BCUT2D eigenvalue weighted by Gasteiger charge is -2.34. The van der Waals surface area contributed by atoms with Gasteiger partial charge < -0.3 is 9.88 Å². The maximum Gasteiger partial charge on any atom is 0.159 e. The van der Waals surface area contributed by atoms with Gasteiger partial charge in [-0.3, -0.25) is 0 Å². The molecular weight excluding hydrogens is 813 g/mol. The van der Waals surface area contributed by atoms with Gasteiger partial charge in [-0.15, -0.1) is 0 Å². The van der Waals surface area contributed by atoms with E-state index in [1.165, 1.54) is 72.0 Å². The summed E-state index contributed by atoms with van der Waals surface area (Å²) in [5.41, 5.74) is 16.3. The maximum absolute atomic E-state index is 5.38. The predicted octanol–water partition coefficient (Wildman–Crippen LogP) is 15.2. The summed E-state index contributed by atoms with van der Waals surface area (Å²) in [5, 5.41) is 6.24. The number of amidine groups is 2. The molecule has 3 unspecified atom stereocenters. The largest absolute Gasteiger partial charge is 0.344 e. The smallest absolute Gasteiger partial charge is 0.159 e. The van der Waals surface area contributed by atoms with E-state index in [4.69, 9.17) is 9.98 Å². The molecular formula is C63H50N4. The van der Waals surface area contributed by atoms with E-state index in [1.54, 1.807) is 6.08 Å². The summed E-state index contributed by atoms with van der Waals surface area (Å²) in [6.07, 6.45) is 16.4. The summed E-state index contributed by atoms with van der Waals surface area (Å²) in [7, 11) is 0. The van der Waals surface area contributed by atoms with Crippen molar-refractivity contribution in [2.75, 3.05) is 0 Å². The van der Waals surface area contributed by atoms with Crippen molar-refractivity contribution in [2.24, 2.45) is 9.98 Å². The molecule has 4 nitrogen and oxygen atoms in total. The molecule has 4 heteroatoms. The van der Waals surface area contributed by atoms with Crippen molar-refractivity contribution >= 4 is 39.2 Å². The van der Waals surface area contributed by atoms with Crippen LogP contribution in [-0.2, 0) is 0 Å². The molecule has 322 valence electrons. The first-order chi connectivity index (χ1) is 33.1. The van der Waals surface area contributed by atoms with Crippen molar-refractivity contribution in [3.8, 4) is 22.3 Å². The second-order valence-electron chi connectivity index (χ2n) is 17.4. The Kier molecular flexibility index (Phi) is 11.3. The van der Waals surface area contributed by atoms with Crippen LogP contribution in [0, 0.1) is 0 Å². The van der Waals surface area contributed by atoms with E-state index in [0.29, 0.717) is 12.3 Å². The number of aliphatic imine (C=N–C) groups is 2. The van der Waals surface area contributed by atoms with E-state index in [2.05, 4.69) is 217 Å². The third kappa shape index (κ3) is 8.08. The molecule has 0 saturated carbocycles. The highest BCUT2D eigenvalue weighted by molar-refractivity contribution is 6.15. The van der Waals surface area contributed by atoms with Crippen LogP contribution in [0.3, 0.4) is 0 Å². The van der Waals surface area contributed by atoms with Gasteiger partial charge in [-0.25, -0.2) is 9.98 Å². The number of allylic oxidation sites excluding steroid dienone is 9. The van der Waals surface area contributed by atoms with Crippen LogP contribution in [0.2, 0.25) is 0 Å². The Morgan fingerprint density at radius 2 is 1.22 bits per heavy atom. The zero-order valence-corrected chi connectivity index (χ0v) is 37.3. The number of hydrogen-bond donors (Lipinski definition) is 1. The molecule has 67 heavy (non-hydrogen) atoms. The van der Waals surface area contributed by atoms with Gasteiger partial charge in [0.1, 0.15) is 12.0 Å². The molecule has 0 radical (unpaired) electrons. The molecule has 0 amide bonds. The lowest BCUT2D eigenvalue weighted by atomic mass is 9.78. The van der Waals surface area contributed by atoms with E-state index < -0.39 is 6.17 Å². The van der Waals surface area contributed by atoms with E-state index in [0.717, 1.165) is 29.0 Å². The van der Waals surface area contributed by atoms with E-state index >= 15 is 0 Å². The Bertz CT molecular complexity index is 3380. The van der Waals surface area contributed by atoms with Gasteiger partial charge in [0.2, 0.25) is 0 Å². The van der Waals surface area contributed by atoms with Crippen molar-refractivity contribution in [1.82, 2.24) is 9.88 Å². The first-order valence-corrected chi connectivity index (χ1v) is 23.2. The Hall–Kier alpha value is -8.34. The van der Waals surface area contributed by atoms with Crippen molar-refractivity contribution in [3.63, 3.8) is 0 Å². The van der Waals surface area contributed by atoms with Crippen molar-refractivity contribution < 1.29 is 0 Å². The third-order valence-corrected chi connectivity index (χ3v) is 13.4. The lowest BCUT2D eigenvalue weighted by Crippen LogP contribution is -2.41. The van der Waals surface area contributed by atoms with Crippen LogP contribution in [0.4, 0.5) is 0 Å². The van der Waals surface area contributed by atoms with Gasteiger partial charge in [0.05, 0.1) is 11.0 Å². The van der Waals surface area contributed by atoms with Crippen LogP contribution in [-0.4, -0.2) is 22.4 Å². The molecule has 0 saturated heterocycles. The fourth-order valence-electron chi connectivity index (χ4n) is 10.0. The summed E-state index contributed by atoms with van der Waals surface area (Å²) in [5.74, 6) is 1.70. The average molecular weight is 863 g/mol. The minimum absolute atomic E-state index is 0.0710. The molecule has 0 fully saturated rings. The fourth-order valence-corrected chi connectivity index (χ4v) is 10.0. The van der Waals surface area contributed by atoms with Gasteiger partial charge >= 0.3 is 0 Å². The lowest BCUT2D eigenvalue weighted by molar-refractivity contribution is 0.719. The Labute approximate surface area is 393 Å². The van der Waals surface area contributed by atoms with E-state index in [1.807, 2.05) is 30.4 Å². The quantitative estimate of drug-likeness (QED) is 0.129. The highest BCUT2D eigenvalue weighted by Gasteiger charge is 2.34. The summed E-state index contributed by atoms with van der Waals surface area (Å²) >= 11 is 0. The number of hydrogen-bond acceptors (Lipinski definition) is 3. The van der Waals surface area contributed by atoms with Crippen LogP contribution in [0.25, 0.3) is 49.8 Å². The van der Waals surface area contributed by atoms with E-state index in [9.17, 15) is 0 Å². The highest BCUT2D eigenvalue weighted by atomic mass is 15.2. The summed E-state index contributed by atoms with van der Waals surface area (Å²) in [6.45, 7) is 8.20. The number of fused-ring (bicyclic) bond motifs is 3. The monoisotopic (exact) mass is 862 g/mol. The van der Waals surface area contributed by atoms with E-state index in [-0.39, 0.29) is 11.8 Å². The number of para-hydroxylation sites is 1. The van der Waals surface area contributed by atoms with Crippen LogP contribution in [0.1, 0.15) is 41.4 Å². The van der Waals surface area contributed by atoms with Gasteiger partial charge in [0.25, 0.3) is 0 Å². The SMILES string of the molecule is C=C/C=C(\C=C)C1N=C(c2ccccc2)N=C(C2=CC(C3=CCC(c4ccccc4)C=C3)=C(n3c4ccccc4c4cc(-c5ccccc5)ccc43)C(c3ccc(-c4ccccc4)cc3)C2)N1. The highest BCUT2D eigenvalue weighted by Crippen LogP contribution is 2.48. The molecule has 2 heterocycles. The molecule has 11 rings (SSSR count).